The van der Waals surface area contributed by atoms with Crippen LogP contribution in [0.2, 0.25) is 0 Å². The molecule has 2 aliphatic heterocycles. The van der Waals surface area contributed by atoms with Gasteiger partial charge in [-0.25, -0.2) is 8.93 Å². The number of H-pyrrole nitrogens is 1. The highest BCUT2D eigenvalue weighted by Crippen LogP contribution is 2.43. The average Bonchev–Trinajstić information content (AvgIpc) is 3.23. The molecule has 9 nitrogen and oxygen atoms in total. The van der Waals surface area contributed by atoms with E-state index >= 15 is 0 Å². The number of nitrogens with zero attached hydrogens (tertiary/aromatic N) is 5. The van der Waals surface area contributed by atoms with Gasteiger partial charge in [0.25, 0.3) is 5.82 Å². The average molecular weight is 496 g/mol. The maximum absolute atomic E-state index is 12.7. The Morgan fingerprint density at radius 1 is 1.37 bits per heavy atom. The van der Waals surface area contributed by atoms with Crippen molar-refractivity contribution in [3.8, 4) is 0 Å². The molecule has 2 N–H and O–H groups in total. The van der Waals surface area contributed by atoms with Crippen LogP contribution < -0.4 is 9.62 Å². The Morgan fingerprint density at radius 2 is 2.07 bits per heavy atom. The summed E-state index contributed by atoms with van der Waals surface area (Å²) in [6.07, 6.45) is 1.75. The Balaban J connectivity index is 1.54. The van der Waals surface area contributed by atoms with E-state index in [0.29, 0.717) is 28.2 Å². The predicted molar refractivity (Wildman–Crippen MR) is 120 cm³/mol. The van der Waals surface area contributed by atoms with E-state index < -0.39 is 11.0 Å². The summed E-state index contributed by atoms with van der Waals surface area (Å²) in [5, 5.41) is 7.59. The monoisotopic (exact) mass is 495 g/mol. The normalized spacial score (nSPS) is 25.0. The largest absolute Gasteiger partial charge is 0.376 e. The number of rotatable bonds is 3. The van der Waals surface area contributed by atoms with Gasteiger partial charge in [0.1, 0.15) is 4.60 Å². The van der Waals surface area contributed by atoms with Crippen molar-refractivity contribution in [3.05, 3.63) is 16.0 Å². The first-order valence-electron chi connectivity index (χ1n) is 9.98. The van der Waals surface area contributed by atoms with Crippen molar-refractivity contribution in [3.63, 3.8) is 0 Å². The molecule has 0 aromatic carbocycles. The van der Waals surface area contributed by atoms with Crippen LogP contribution in [0.15, 0.2) is 4.60 Å². The standard InChI is InChI=1S/C19H26BrN7O2S/c1-11-13(26-30(28)18(2,3)4)19(10-29-11)6-8-27(9-7-19)17-22-15(21-5)12-14(20)24-25-16(12)23-17/h11,13,26H,6-10H2,1-4H3,(H,22,23,24,25)/t11-,13+,30+/m0/s1. The number of aromatic amines is 1. The van der Waals surface area contributed by atoms with E-state index in [1.54, 1.807) is 0 Å². The number of hydrogen-bond acceptors (Lipinski definition) is 6. The summed E-state index contributed by atoms with van der Waals surface area (Å²) in [4.78, 5) is 14.7. The summed E-state index contributed by atoms with van der Waals surface area (Å²) in [7, 11) is -1.16. The van der Waals surface area contributed by atoms with Gasteiger partial charge in [-0.15, -0.1) is 0 Å². The van der Waals surface area contributed by atoms with E-state index in [1.165, 1.54) is 0 Å². The fraction of sp³-hybridized carbons (Fsp3) is 0.684. The molecule has 4 rings (SSSR count). The number of fused-ring (bicyclic) bond motifs is 1. The molecule has 0 radical (unpaired) electrons. The quantitative estimate of drug-likeness (QED) is 0.634. The number of piperidine rings is 1. The summed E-state index contributed by atoms with van der Waals surface area (Å²) in [5.41, 5.74) is 0.412. The van der Waals surface area contributed by atoms with Crippen LogP contribution in [0.4, 0.5) is 11.8 Å². The minimum atomic E-state index is -1.16. The second-order valence-corrected chi connectivity index (χ2v) is 11.8. The maximum atomic E-state index is 12.7. The summed E-state index contributed by atoms with van der Waals surface area (Å²) in [6.45, 7) is 17.6. The van der Waals surface area contributed by atoms with Gasteiger partial charge in [0.05, 0.1) is 39.9 Å². The van der Waals surface area contributed by atoms with E-state index in [-0.39, 0.29) is 28.1 Å². The third kappa shape index (κ3) is 3.75. The zero-order valence-corrected chi connectivity index (χ0v) is 19.9. The molecule has 0 bridgehead atoms. The van der Waals surface area contributed by atoms with Gasteiger partial charge in [0.15, 0.2) is 5.65 Å². The predicted octanol–water partition coefficient (Wildman–Crippen LogP) is 3.09. The van der Waals surface area contributed by atoms with Gasteiger partial charge in [0.2, 0.25) is 0 Å². The van der Waals surface area contributed by atoms with Crippen LogP contribution in [0.25, 0.3) is 15.9 Å². The lowest BCUT2D eigenvalue weighted by atomic mass is 9.73. The zero-order valence-electron chi connectivity index (χ0n) is 17.5. The molecule has 0 amide bonds. The molecule has 2 fully saturated rings. The first-order chi connectivity index (χ1) is 14.1. The fourth-order valence-electron chi connectivity index (χ4n) is 4.19. The molecule has 4 heterocycles. The molecule has 162 valence electrons. The second-order valence-electron chi connectivity index (χ2n) is 9.04. The highest BCUT2D eigenvalue weighted by atomic mass is 79.9. The lowest BCUT2D eigenvalue weighted by Gasteiger charge is -2.42. The van der Waals surface area contributed by atoms with Crippen molar-refractivity contribution in [1.82, 2.24) is 24.9 Å². The molecule has 2 saturated heterocycles. The van der Waals surface area contributed by atoms with Crippen molar-refractivity contribution < 1.29 is 8.95 Å². The highest BCUT2D eigenvalue weighted by molar-refractivity contribution is 9.10. The van der Waals surface area contributed by atoms with Gasteiger partial charge in [0, 0.05) is 18.5 Å². The Morgan fingerprint density at radius 3 is 2.70 bits per heavy atom. The number of aromatic nitrogens is 4. The van der Waals surface area contributed by atoms with Crippen LogP contribution in [-0.4, -0.2) is 61.0 Å². The molecule has 1 spiro atoms. The van der Waals surface area contributed by atoms with Crippen LogP contribution in [0, 0.1) is 12.0 Å². The molecule has 2 aromatic rings. The third-order valence-electron chi connectivity index (χ3n) is 6.04. The van der Waals surface area contributed by atoms with Gasteiger partial charge in [-0.2, -0.15) is 10.1 Å². The van der Waals surface area contributed by atoms with E-state index in [4.69, 9.17) is 11.3 Å². The van der Waals surface area contributed by atoms with E-state index in [2.05, 4.69) is 50.6 Å². The first kappa shape index (κ1) is 21.6. The number of anilines is 1. The highest BCUT2D eigenvalue weighted by Gasteiger charge is 2.51. The molecular weight excluding hydrogens is 470 g/mol. The van der Waals surface area contributed by atoms with Crippen molar-refractivity contribution in [1.29, 1.82) is 0 Å². The SMILES string of the molecule is [C-]#[N+]c1nc(N2CCC3(CC2)CO[C@@H](C)[C@H]3N[S@](=O)C(C)(C)C)nc2n[nH]c(Br)c12. The Kier molecular flexibility index (Phi) is 5.63. The van der Waals surface area contributed by atoms with E-state index in [1.807, 2.05) is 27.7 Å². The summed E-state index contributed by atoms with van der Waals surface area (Å²) >= 11 is 3.36. The molecule has 0 saturated carbocycles. The number of hydrogen-bond donors (Lipinski definition) is 2. The summed E-state index contributed by atoms with van der Waals surface area (Å²) < 4.78 is 22.4. The molecule has 2 aromatic heterocycles. The first-order valence-corrected chi connectivity index (χ1v) is 11.9. The molecule has 30 heavy (non-hydrogen) atoms. The lowest BCUT2D eigenvalue weighted by Crippen LogP contribution is -2.55. The van der Waals surface area contributed by atoms with Gasteiger partial charge < -0.3 is 14.5 Å². The van der Waals surface area contributed by atoms with Crippen LogP contribution in [-0.2, 0) is 15.7 Å². The number of nitrogens with one attached hydrogen (secondary N) is 2. The molecule has 2 aliphatic rings. The van der Waals surface area contributed by atoms with Crippen molar-refractivity contribution >= 4 is 49.7 Å². The molecule has 3 atom stereocenters. The fourth-order valence-corrected chi connectivity index (χ4v) is 5.65. The van der Waals surface area contributed by atoms with Crippen LogP contribution in [0.5, 0.6) is 0 Å². The second kappa shape index (κ2) is 7.82. The van der Waals surface area contributed by atoms with E-state index in [9.17, 15) is 4.21 Å². The molecule has 11 heteroatoms. The van der Waals surface area contributed by atoms with Crippen molar-refractivity contribution in [2.24, 2.45) is 5.41 Å². The minimum absolute atomic E-state index is 0.00516. The molecular formula is C19H26BrN7O2S. The third-order valence-corrected chi connectivity index (χ3v) is 8.19. The van der Waals surface area contributed by atoms with Crippen LogP contribution in [0.1, 0.15) is 40.5 Å². The van der Waals surface area contributed by atoms with Gasteiger partial charge in [-0.05, 0) is 56.5 Å². The smallest absolute Gasteiger partial charge is 0.324 e. The van der Waals surface area contributed by atoms with Crippen LogP contribution in [0.3, 0.4) is 0 Å². The Labute approximate surface area is 186 Å². The Hall–Kier alpha value is -1.61. The van der Waals surface area contributed by atoms with Gasteiger partial charge in [-0.3, -0.25) is 5.10 Å². The Bertz CT molecular complexity index is 1020. The van der Waals surface area contributed by atoms with Gasteiger partial charge >= 0.3 is 5.95 Å². The lowest BCUT2D eigenvalue weighted by molar-refractivity contribution is 0.0973. The number of ether oxygens (including phenoxy) is 1. The van der Waals surface area contributed by atoms with Crippen LogP contribution >= 0.6 is 15.9 Å². The topological polar surface area (TPSA) is 100 Å². The van der Waals surface area contributed by atoms with Gasteiger partial charge in [-0.1, -0.05) is 11.6 Å². The zero-order chi connectivity index (χ0) is 21.7. The van der Waals surface area contributed by atoms with E-state index in [0.717, 1.165) is 25.9 Å². The van der Waals surface area contributed by atoms with Crippen molar-refractivity contribution in [2.75, 3.05) is 24.6 Å². The maximum Gasteiger partial charge on any atom is 0.324 e. The number of halogens is 1. The summed E-state index contributed by atoms with van der Waals surface area (Å²) in [6, 6.07) is 0.0317. The van der Waals surface area contributed by atoms with Crippen molar-refractivity contribution in [2.45, 2.75) is 57.4 Å². The summed E-state index contributed by atoms with van der Waals surface area (Å²) in [5.74, 6) is 0.811. The molecule has 0 unspecified atom stereocenters. The molecule has 0 aliphatic carbocycles. The minimum Gasteiger partial charge on any atom is -0.376 e.